The Kier molecular flexibility index (Phi) is 3.76. The molecule has 0 fully saturated rings. The van der Waals surface area contributed by atoms with E-state index in [1.807, 2.05) is 30.3 Å². The molecule has 3 aromatic rings. The molecule has 4 heteroatoms. The number of aromatic amines is 1. The van der Waals surface area contributed by atoms with E-state index in [2.05, 4.69) is 17.1 Å². The van der Waals surface area contributed by atoms with Gasteiger partial charge < -0.3 is 10.7 Å². The van der Waals surface area contributed by atoms with Gasteiger partial charge in [0, 0.05) is 23.2 Å². The highest BCUT2D eigenvalue weighted by Crippen LogP contribution is 2.27. The number of para-hydroxylation sites is 1. The number of halogens is 1. The van der Waals surface area contributed by atoms with Crippen LogP contribution in [0.15, 0.2) is 53.6 Å². The number of H-pyrrole nitrogens is 1. The lowest BCUT2D eigenvalue weighted by Crippen LogP contribution is -1.98. The van der Waals surface area contributed by atoms with Crippen LogP contribution in [-0.4, -0.2) is 4.98 Å². The van der Waals surface area contributed by atoms with E-state index in [0.29, 0.717) is 17.9 Å². The second kappa shape index (κ2) is 5.69. The van der Waals surface area contributed by atoms with E-state index in [0.717, 1.165) is 16.1 Å². The maximum absolute atomic E-state index is 13.9. The van der Waals surface area contributed by atoms with Crippen molar-refractivity contribution in [3.8, 4) is 0 Å². The number of benzene rings is 2. The van der Waals surface area contributed by atoms with Crippen LogP contribution in [0.2, 0.25) is 0 Å². The van der Waals surface area contributed by atoms with Gasteiger partial charge in [-0.2, -0.15) is 0 Å². The minimum absolute atomic E-state index is 0.184. The molecule has 102 valence electrons. The molecule has 0 saturated carbocycles. The molecule has 0 aliphatic heterocycles. The van der Waals surface area contributed by atoms with Gasteiger partial charge in [0.25, 0.3) is 0 Å². The molecule has 3 rings (SSSR count). The van der Waals surface area contributed by atoms with E-state index in [1.165, 1.54) is 11.5 Å². The molecule has 0 radical (unpaired) electrons. The first-order valence-electron chi connectivity index (χ1n) is 6.44. The second-order valence-electron chi connectivity index (χ2n) is 4.64. The predicted octanol–water partition coefficient (Wildman–Crippen LogP) is 4.06. The van der Waals surface area contributed by atoms with Gasteiger partial charge in [-0.05, 0) is 29.3 Å². The van der Waals surface area contributed by atoms with E-state index in [9.17, 15) is 4.39 Å². The highest BCUT2D eigenvalue weighted by atomic mass is 32.2. The first kappa shape index (κ1) is 13.2. The lowest BCUT2D eigenvalue weighted by Gasteiger charge is -2.04. The fourth-order valence-corrected chi connectivity index (χ4v) is 3.05. The second-order valence-corrected chi connectivity index (χ2v) is 5.66. The van der Waals surface area contributed by atoms with Gasteiger partial charge >= 0.3 is 0 Å². The highest BCUT2D eigenvalue weighted by Gasteiger charge is 2.06. The summed E-state index contributed by atoms with van der Waals surface area (Å²) in [5, 5.41) is 2.22. The molecule has 0 aliphatic rings. The smallest absolute Gasteiger partial charge is 0.127 e. The summed E-state index contributed by atoms with van der Waals surface area (Å²) in [6.45, 7) is 0.367. The number of nitrogens with one attached hydrogen (secondary N) is 1. The first-order valence-corrected chi connectivity index (χ1v) is 7.43. The third-order valence-corrected chi connectivity index (χ3v) is 4.23. The maximum atomic E-state index is 13.9. The van der Waals surface area contributed by atoms with Crippen LogP contribution in [0.5, 0.6) is 0 Å². The Bertz CT molecular complexity index is 703. The van der Waals surface area contributed by atoms with Crippen LogP contribution in [0.25, 0.3) is 10.9 Å². The lowest BCUT2D eigenvalue weighted by atomic mass is 10.1. The zero-order valence-electron chi connectivity index (χ0n) is 10.9. The van der Waals surface area contributed by atoms with E-state index >= 15 is 0 Å². The fourth-order valence-electron chi connectivity index (χ4n) is 2.11. The van der Waals surface area contributed by atoms with Gasteiger partial charge in [-0.25, -0.2) is 4.39 Å². The molecule has 0 unspecified atom stereocenters. The monoisotopic (exact) mass is 286 g/mol. The topological polar surface area (TPSA) is 41.8 Å². The number of fused-ring (bicyclic) bond motifs is 1. The van der Waals surface area contributed by atoms with Gasteiger partial charge in [-0.15, -0.1) is 11.8 Å². The van der Waals surface area contributed by atoms with Gasteiger partial charge in [-0.3, -0.25) is 0 Å². The summed E-state index contributed by atoms with van der Waals surface area (Å²) in [4.78, 5) is 3.33. The fraction of sp³-hybridized carbons (Fsp3) is 0.125. The summed E-state index contributed by atoms with van der Waals surface area (Å²) in [6.07, 6.45) is 0. The third-order valence-electron chi connectivity index (χ3n) is 3.24. The van der Waals surface area contributed by atoms with Crippen molar-refractivity contribution in [2.45, 2.75) is 17.3 Å². The number of nitrogens with two attached hydrogens (primary N) is 1. The van der Waals surface area contributed by atoms with Crippen molar-refractivity contribution < 1.29 is 4.39 Å². The van der Waals surface area contributed by atoms with Crippen LogP contribution in [0.3, 0.4) is 0 Å². The average Bonchev–Trinajstić information content (AvgIpc) is 2.88. The van der Waals surface area contributed by atoms with Crippen LogP contribution in [0.1, 0.15) is 11.1 Å². The van der Waals surface area contributed by atoms with Crippen LogP contribution in [0.4, 0.5) is 4.39 Å². The third kappa shape index (κ3) is 2.71. The van der Waals surface area contributed by atoms with Gasteiger partial charge in [0.1, 0.15) is 5.82 Å². The van der Waals surface area contributed by atoms with Crippen LogP contribution < -0.4 is 5.73 Å². The molecule has 1 aromatic heterocycles. The van der Waals surface area contributed by atoms with Crippen molar-refractivity contribution in [2.75, 3.05) is 0 Å². The number of hydrogen-bond acceptors (Lipinski definition) is 2. The SMILES string of the molecule is NCc1ccc(CSc2cc3ccccc3[nH]2)c(F)c1. The van der Waals surface area contributed by atoms with E-state index in [-0.39, 0.29) is 5.82 Å². The first-order chi connectivity index (χ1) is 9.76. The molecule has 2 aromatic carbocycles. The van der Waals surface area contributed by atoms with Crippen molar-refractivity contribution in [3.63, 3.8) is 0 Å². The standard InChI is InChI=1S/C16H15FN2S/c17-14-7-11(9-18)5-6-13(14)10-20-16-8-12-3-1-2-4-15(12)19-16/h1-8,19H,9-10,18H2. The van der Waals surface area contributed by atoms with Gasteiger partial charge in [0.2, 0.25) is 0 Å². The Labute approximate surface area is 121 Å². The maximum Gasteiger partial charge on any atom is 0.127 e. The Morgan fingerprint density at radius 3 is 2.70 bits per heavy atom. The number of hydrogen-bond donors (Lipinski definition) is 2. The zero-order chi connectivity index (χ0) is 13.9. The number of thioether (sulfide) groups is 1. The van der Waals surface area contributed by atoms with Gasteiger partial charge in [0.15, 0.2) is 0 Å². The van der Waals surface area contributed by atoms with E-state index in [1.54, 1.807) is 11.8 Å². The molecular weight excluding hydrogens is 271 g/mol. The molecule has 0 bridgehead atoms. The molecule has 2 nitrogen and oxygen atoms in total. The summed E-state index contributed by atoms with van der Waals surface area (Å²) in [7, 11) is 0. The van der Waals surface area contributed by atoms with Crippen molar-refractivity contribution in [1.82, 2.24) is 4.98 Å². The van der Waals surface area contributed by atoms with Crippen LogP contribution in [-0.2, 0) is 12.3 Å². The summed E-state index contributed by atoms with van der Waals surface area (Å²) >= 11 is 1.60. The molecule has 3 N–H and O–H groups in total. The quantitative estimate of drug-likeness (QED) is 0.710. The van der Waals surface area contributed by atoms with Crippen LogP contribution in [0, 0.1) is 5.82 Å². The molecule has 1 heterocycles. The van der Waals surface area contributed by atoms with E-state index < -0.39 is 0 Å². The van der Waals surface area contributed by atoms with Crippen LogP contribution >= 0.6 is 11.8 Å². The normalized spacial score (nSPS) is 11.1. The Hall–Kier alpha value is -1.78. The molecular formula is C16H15FN2S. The molecule has 0 saturated heterocycles. The van der Waals surface area contributed by atoms with Crippen molar-refractivity contribution in [1.29, 1.82) is 0 Å². The summed E-state index contributed by atoms with van der Waals surface area (Å²) in [6, 6.07) is 15.4. The minimum Gasteiger partial charge on any atom is -0.350 e. The summed E-state index contributed by atoms with van der Waals surface area (Å²) in [5.74, 6) is 0.417. The van der Waals surface area contributed by atoms with Crippen molar-refractivity contribution >= 4 is 22.7 Å². The molecule has 0 amide bonds. The van der Waals surface area contributed by atoms with E-state index in [4.69, 9.17) is 5.73 Å². The minimum atomic E-state index is -0.184. The predicted molar refractivity (Wildman–Crippen MR) is 82.2 cm³/mol. The number of aromatic nitrogens is 1. The Morgan fingerprint density at radius 2 is 1.95 bits per heavy atom. The van der Waals surface area contributed by atoms with Crippen molar-refractivity contribution in [3.05, 3.63) is 65.5 Å². The van der Waals surface area contributed by atoms with Gasteiger partial charge in [-0.1, -0.05) is 30.3 Å². The highest BCUT2D eigenvalue weighted by molar-refractivity contribution is 7.98. The molecule has 20 heavy (non-hydrogen) atoms. The average molecular weight is 286 g/mol. The lowest BCUT2D eigenvalue weighted by molar-refractivity contribution is 0.615. The summed E-state index contributed by atoms with van der Waals surface area (Å²) in [5.41, 5.74) is 8.13. The summed E-state index contributed by atoms with van der Waals surface area (Å²) < 4.78 is 13.9. The largest absolute Gasteiger partial charge is 0.350 e. The Morgan fingerprint density at radius 1 is 1.10 bits per heavy atom. The van der Waals surface area contributed by atoms with Crippen molar-refractivity contribution in [2.24, 2.45) is 5.73 Å². The zero-order valence-corrected chi connectivity index (χ0v) is 11.7. The van der Waals surface area contributed by atoms with Gasteiger partial charge in [0.05, 0.1) is 5.03 Å². The molecule has 0 atom stereocenters. The Balaban J connectivity index is 1.75. The molecule has 0 spiro atoms. The number of rotatable bonds is 4. The molecule has 0 aliphatic carbocycles.